The van der Waals surface area contributed by atoms with E-state index in [0.29, 0.717) is 62.6 Å². The molecular weight excluding hydrogens is 649 g/mol. The number of hydrogen-bond acceptors (Lipinski definition) is 2. The van der Waals surface area contributed by atoms with Crippen LogP contribution in [-0.2, 0) is 0 Å². The summed E-state index contributed by atoms with van der Waals surface area (Å²) in [6.45, 7) is 11.0. The molecule has 4 rings (SSSR count). The molecule has 0 spiro atoms. The highest BCUT2D eigenvalue weighted by Crippen LogP contribution is 2.14. The number of aliphatic imine (C=N–C) groups is 4. The summed E-state index contributed by atoms with van der Waals surface area (Å²) in [6, 6.07) is 38.3. The van der Waals surface area contributed by atoms with Crippen LogP contribution in [0.15, 0.2) is 141 Å². The Hall–Kier alpha value is -5.90. The lowest BCUT2D eigenvalue weighted by atomic mass is 10.1. The van der Waals surface area contributed by atoms with Crippen LogP contribution < -0.4 is 0 Å². The number of hydrogen-bond donors (Lipinski definition) is 0. The number of likely N-dealkylation sites (N-methyl/N-ethyl adjacent to an activating group) is 2. The molecule has 0 saturated heterocycles. The van der Waals surface area contributed by atoms with Crippen molar-refractivity contribution in [2.45, 2.75) is 27.7 Å². The smallest absolute Gasteiger partial charge is 0.345 e. The van der Waals surface area contributed by atoms with E-state index in [1.54, 1.807) is 9.80 Å². The van der Waals surface area contributed by atoms with Crippen LogP contribution in [0, 0.1) is 0 Å². The Morgan fingerprint density at radius 2 is 0.692 bits per heavy atom. The fourth-order valence-electron chi connectivity index (χ4n) is 5.42. The summed E-state index contributed by atoms with van der Waals surface area (Å²) in [4.78, 5) is 53.1. The van der Waals surface area contributed by atoms with Gasteiger partial charge in [-0.05, 0) is 27.7 Å². The second kappa shape index (κ2) is 20.1. The molecule has 0 N–H and O–H groups in total. The third kappa shape index (κ3) is 10.8. The van der Waals surface area contributed by atoms with Crippen molar-refractivity contribution in [2.75, 3.05) is 53.4 Å². The van der Waals surface area contributed by atoms with Crippen molar-refractivity contribution in [3.8, 4) is 0 Å². The number of amides is 4. The van der Waals surface area contributed by atoms with Crippen molar-refractivity contribution in [1.82, 2.24) is 19.6 Å². The second-order valence-corrected chi connectivity index (χ2v) is 12.0. The number of carbonyl (C=O) groups excluding carboxylic acids is 2. The Kier molecular flexibility index (Phi) is 15.0. The molecule has 4 aromatic carbocycles. The number of nitrogens with zero attached hydrogens (tertiary/aromatic N) is 8. The van der Waals surface area contributed by atoms with Crippen LogP contribution in [0.2, 0.25) is 0 Å². The Balaban J connectivity index is 1.74. The van der Waals surface area contributed by atoms with E-state index in [-0.39, 0.29) is 12.1 Å². The van der Waals surface area contributed by atoms with Crippen molar-refractivity contribution >= 4 is 35.4 Å². The molecule has 0 bridgehead atoms. The molecule has 0 aliphatic carbocycles. The fourth-order valence-corrected chi connectivity index (χ4v) is 5.42. The minimum atomic E-state index is -0.332. The number of urea groups is 2. The van der Waals surface area contributed by atoms with Gasteiger partial charge in [-0.15, -0.1) is 0 Å². The van der Waals surface area contributed by atoms with E-state index in [1.165, 1.54) is 0 Å². The van der Waals surface area contributed by atoms with Crippen molar-refractivity contribution in [1.29, 1.82) is 0 Å². The van der Waals surface area contributed by atoms with Gasteiger partial charge in [0.15, 0.2) is 11.7 Å². The third-order valence-electron chi connectivity index (χ3n) is 8.52. The predicted octanol–water partition coefficient (Wildman–Crippen LogP) is 7.56. The molecule has 0 fully saturated rings. The van der Waals surface area contributed by atoms with Crippen LogP contribution in [0.3, 0.4) is 0 Å². The molecule has 270 valence electrons. The largest absolute Gasteiger partial charge is 0.357 e. The first-order valence-corrected chi connectivity index (χ1v) is 17.9. The highest BCUT2D eigenvalue weighted by atomic mass is 16.2. The monoisotopic (exact) mass is 698 g/mol. The van der Waals surface area contributed by atoms with Crippen LogP contribution >= 0.6 is 0 Å². The molecule has 0 aliphatic rings. The average molecular weight is 699 g/mol. The lowest BCUT2D eigenvalue weighted by Gasteiger charge is -2.27. The van der Waals surface area contributed by atoms with Crippen LogP contribution in [0.4, 0.5) is 9.59 Å². The first-order chi connectivity index (χ1) is 25.3. The lowest BCUT2D eigenvalue weighted by molar-refractivity contribution is 0.212. The molecule has 4 aromatic rings. The zero-order chi connectivity index (χ0) is 37.3. The minimum absolute atomic E-state index is 0.332. The third-order valence-corrected chi connectivity index (χ3v) is 8.52. The number of carbonyl (C=O) groups is 2. The number of rotatable bonds is 11. The first kappa shape index (κ1) is 38.9. The van der Waals surface area contributed by atoms with Gasteiger partial charge in [-0.1, -0.05) is 121 Å². The van der Waals surface area contributed by atoms with E-state index < -0.39 is 0 Å². The molecule has 0 aliphatic heterocycles. The Labute approximate surface area is 308 Å². The van der Waals surface area contributed by atoms with Gasteiger partial charge in [-0.3, -0.25) is 0 Å². The lowest BCUT2D eigenvalue weighted by Crippen LogP contribution is -2.39. The van der Waals surface area contributed by atoms with Gasteiger partial charge in [0, 0.05) is 75.6 Å². The van der Waals surface area contributed by atoms with Crippen LogP contribution in [0.5, 0.6) is 0 Å². The maximum Gasteiger partial charge on any atom is 0.345 e. The van der Waals surface area contributed by atoms with Gasteiger partial charge in [0.05, 0.1) is 0 Å². The van der Waals surface area contributed by atoms with E-state index in [4.69, 9.17) is 9.98 Å². The summed E-state index contributed by atoms with van der Waals surface area (Å²) in [7, 11) is 3.96. The summed E-state index contributed by atoms with van der Waals surface area (Å²) in [5.41, 5.74) is 3.26. The van der Waals surface area contributed by atoms with E-state index in [0.717, 1.165) is 22.3 Å². The average Bonchev–Trinajstić information content (AvgIpc) is 3.19. The van der Waals surface area contributed by atoms with E-state index in [2.05, 4.69) is 19.8 Å². The van der Waals surface area contributed by atoms with Gasteiger partial charge in [-0.2, -0.15) is 9.98 Å². The number of amidine groups is 4. The maximum atomic E-state index is 13.2. The highest BCUT2D eigenvalue weighted by molar-refractivity contribution is 6.15. The van der Waals surface area contributed by atoms with E-state index in [1.807, 2.05) is 163 Å². The quantitative estimate of drug-likeness (QED) is 0.119. The molecule has 10 nitrogen and oxygen atoms in total. The first-order valence-electron chi connectivity index (χ1n) is 17.9. The zero-order valence-electron chi connectivity index (χ0n) is 31.2. The van der Waals surface area contributed by atoms with Crippen molar-refractivity contribution in [3.63, 3.8) is 0 Å². The fraction of sp³-hybridized carbons (Fsp3) is 0.286. The van der Waals surface area contributed by atoms with Gasteiger partial charge >= 0.3 is 12.1 Å². The molecule has 52 heavy (non-hydrogen) atoms. The van der Waals surface area contributed by atoms with Gasteiger partial charge < -0.3 is 19.6 Å². The van der Waals surface area contributed by atoms with Crippen molar-refractivity contribution < 1.29 is 9.59 Å². The summed E-state index contributed by atoms with van der Waals surface area (Å²) in [5, 5.41) is 0. The molecule has 0 aromatic heterocycles. The molecule has 10 heteroatoms. The van der Waals surface area contributed by atoms with Crippen molar-refractivity contribution in [3.05, 3.63) is 144 Å². The molecular formula is C42H50N8O2. The summed E-state index contributed by atoms with van der Waals surface area (Å²) in [6.07, 6.45) is 0. The summed E-state index contributed by atoms with van der Waals surface area (Å²) < 4.78 is 0. The topological polar surface area (TPSA) is 96.5 Å². The summed E-state index contributed by atoms with van der Waals surface area (Å²) in [5.74, 6) is 2.01. The Morgan fingerprint density at radius 3 is 0.962 bits per heavy atom. The molecule has 0 saturated carbocycles. The molecule has 0 unspecified atom stereocenters. The predicted molar refractivity (Wildman–Crippen MR) is 214 cm³/mol. The van der Waals surface area contributed by atoms with Crippen LogP contribution in [-0.4, -0.2) is 108 Å². The van der Waals surface area contributed by atoms with Gasteiger partial charge in [0.2, 0.25) is 0 Å². The molecule has 0 radical (unpaired) electrons. The van der Waals surface area contributed by atoms with Gasteiger partial charge in [0.1, 0.15) is 11.7 Å². The minimum Gasteiger partial charge on any atom is -0.357 e. The van der Waals surface area contributed by atoms with Gasteiger partial charge in [0.25, 0.3) is 0 Å². The Bertz CT molecular complexity index is 1700. The van der Waals surface area contributed by atoms with E-state index >= 15 is 0 Å². The molecule has 0 heterocycles. The zero-order valence-corrected chi connectivity index (χ0v) is 31.2. The normalized spacial score (nSPS) is 12.3. The van der Waals surface area contributed by atoms with Crippen molar-refractivity contribution in [2.24, 2.45) is 20.0 Å². The number of benzene rings is 4. The maximum absolute atomic E-state index is 13.2. The SMILES string of the molecule is CCN(CC)C(=O)/N=C(/N=C(c1ccccc1)N(C)CCN(C)C(=N/C(=N/C(=O)N(CC)CC)c1ccccc1)c1ccccc1)c1ccccc1. The standard InChI is InChI=1S/C42H50N8O2/c1-7-49(8-2)41(51)45-37(33-23-15-11-16-24-33)43-39(35-27-19-13-20-28-35)47(5)31-32-48(6)40(36-29-21-14-22-30-36)44-38(34-25-17-12-18-26-34)46-42(52)50(9-3)10-4/h11-30H,7-10,31-32H2,1-6H3/b43-39?,44-40?,45-37+,46-38+. The highest BCUT2D eigenvalue weighted by Gasteiger charge is 2.19. The van der Waals surface area contributed by atoms with Gasteiger partial charge in [-0.25, -0.2) is 19.6 Å². The van der Waals surface area contributed by atoms with Crippen LogP contribution in [0.25, 0.3) is 0 Å². The Morgan fingerprint density at radius 1 is 0.423 bits per heavy atom. The van der Waals surface area contributed by atoms with E-state index in [9.17, 15) is 9.59 Å². The second-order valence-electron chi connectivity index (χ2n) is 12.0. The molecule has 0 atom stereocenters. The summed E-state index contributed by atoms with van der Waals surface area (Å²) >= 11 is 0. The molecule has 4 amide bonds. The van der Waals surface area contributed by atoms with Crippen LogP contribution in [0.1, 0.15) is 49.9 Å².